The Hall–Kier alpha value is -2.82. The maximum atomic E-state index is 13.2. The molecule has 146 valence electrons. The number of carbonyl (C=O) groups is 1. The van der Waals surface area contributed by atoms with Crippen molar-refractivity contribution in [3.05, 3.63) is 53.1 Å². The molecule has 0 fully saturated rings. The maximum absolute atomic E-state index is 13.2. The fourth-order valence-electron chi connectivity index (χ4n) is 3.05. The summed E-state index contributed by atoms with van der Waals surface area (Å²) in [5.41, 5.74) is 5.28. The van der Waals surface area contributed by atoms with Crippen LogP contribution in [0.4, 0.5) is 0 Å². The molecular weight excluding hydrogens is 348 g/mol. The number of rotatable bonds is 4. The van der Waals surface area contributed by atoms with Gasteiger partial charge in [0.15, 0.2) is 0 Å². The van der Waals surface area contributed by atoms with Gasteiger partial charge in [0.25, 0.3) is 5.91 Å². The van der Waals surface area contributed by atoms with Gasteiger partial charge >= 0.3 is 0 Å². The van der Waals surface area contributed by atoms with E-state index in [0.29, 0.717) is 5.56 Å². The third kappa shape index (κ3) is 3.61. The van der Waals surface area contributed by atoms with Crippen LogP contribution in [0, 0.1) is 13.8 Å². The lowest BCUT2D eigenvalue weighted by Gasteiger charge is -2.23. The topological polar surface area (TPSA) is 59.0 Å². The second kappa shape index (κ2) is 7.66. The zero-order chi connectivity index (χ0) is 20.6. The Morgan fingerprint density at radius 1 is 1.04 bits per heavy atom. The minimum atomic E-state index is -0.00776. The zero-order valence-electron chi connectivity index (χ0n) is 17.7. The molecule has 28 heavy (non-hydrogen) atoms. The maximum Gasteiger partial charge on any atom is 0.254 e. The standard InChI is InChI=1S/C23H28N4O/c1-13(2)22-24-11-17(12-25-22)20-10-19(23(28)27(7)14(3)4)18-9-8-15(5)16(6)21(18)26-20/h8-14H,1-7H3. The molecule has 0 radical (unpaired) electrons. The predicted octanol–water partition coefficient (Wildman–Crippen LogP) is 4.91. The van der Waals surface area contributed by atoms with Crippen LogP contribution in [0.1, 0.15) is 60.9 Å². The van der Waals surface area contributed by atoms with E-state index >= 15 is 0 Å². The molecule has 1 amide bonds. The van der Waals surface area contributed by atoms with Gasteiger partial charge in [-0.15, -0.1) is 0 Å². The van der Waals surface area contributed by atoms with E-state index in [1.807, 2.05) is 46.0 Å². The molecule has 0 saturated heterocycles. The van der Waals surface area contributed by atoms with Crippen molar-refractivity contribution in [2.45, 2.75) is 53.5 Å². The first-order valence-corrected chi connectivity index (χ1v) is 9.71. The Kier molecular flexibility index (Phi) is 5.45. The minimum Gasteiger partial charge on any atom is -0.339 e. The van der Waals surface area contributed by atoms with E-state index in [4.69, 9.17) is 4.98 Å². The van der Waals surface area contributed by atoms with Gasteiger partial charge in [-0.05, 0) is 44.9 Å². The molecule has 0 unspecified atom stereocenters. The SMILES string of the molecule is Cc1ccc2c(C(=O)N(C)C(C)C)cc(-c3cnc(C(C)C)nc3)nc2c1C. The van der Waals surface area contributed by atoms with Crippen molar-refractivity contribution >= 4 is 16.8 Å². The van der Waals surface area contributed by atoms with Gasteiger partial charge in [-0.25, -0.2) is 15.0 Å². The average molecular weight is 377 g/mol. The summed E-state index contributed by atoms with van der Waals surface area (Å²) in [6, 6.07) is 6.02. The van der Waals surface area contributed by atoms with Crippen molar-refractivity contribution < 1.29 is 4.79 Å². The summed E-state index contributed by atoms with van der Waals surface area (Å²) in [5.74, 6) is 1.05. The molecule has 0 spiro atoms. The zero-order valence-corrected chi connectivity index (χ0v) is 17.7. The second-order valence-corrected chi connectivity index (χ2v) is 7.95. The second-order valence-electron chi connectivity index (χ2n) is 7.95. The van der Waals surface area contributed by atoms with E-state index in [2.05, 4.69) is 30.7 Å². The molecule has 0 N–H and O–H groups in total. The van der Waals surface area contributed by atoms with Crippen molar-refractivity contribution in [2.75, 3.05) is 7.05 Å². The molecule has 0 saturated carbocycles. The van der Waals surface area contributed by atoms with Crippen LogP contribution >= 0.6 is 0 Å². The Morgan fingerprint density at radius 2 is 1.68 bits per heavy atom. The Morgan fingerprint density at radius 3 is 2.25 bits per heavy atom. The highest BCUT2D eigenvalue weighted by Crippen LogP contribution is 2.29. The molecule has 5 heteroatoms. The summed E-state index contributed by atoms with van der Waals surface area (Å²) in [6.45, 7) is 12.3. The van der Waals surface area contributed by atoms with Crippen molar-refractivity contribution in [2.24, 2.45) is 0 Å². The average Bonchev–Trinajstić information content (AvgIpc) is 2.69. The van der Waals surface area contributed by atoms with Gasteiger partial charge in [0.2, 0.25) is 0 Å². The molecule has 2 heterocycles. The van der Waals surface area contributed by atoms with E-state index in [1.54, 1.807) is 17.3 Å². The Balaban J connectivity index is 2.24. The smallest absolute Gasteiger partial charge is 0.254 e. The van der Waals surface area contributed by atoms with E-state index in [-0.39, 0.29) is 17.9 Å². The molecule has 0 aliphatic carbocycles. The quantitative estimate of drug-likeness (QED) is 0.649. The number of pyridine rings is 1. The largest absolute Gasteiger partial charge is 0.339 e. The number of nitrogens with zero attached hydrogens (tertiary/aromatic N) is 4. The van der Waals surface area contributed by atoms with Crippen LogP contribution in [0.2, 0.25) is 0 Å². The monoisotopic (exact) mass is 376 g/mol. The number of amides is 1. The van der Waals surface area contributed by atoms with Gasteiger partial charge in [-0.1, -0.05) is 26.0 Å². The minimum absolute atomic E-state index is 0.00776. The normalized spacial score (nSPS) is 11.5. The molecule has 0 aliphatic rings. The van der Waals surface area contributed by atoms with Crippen molar-refractivity contribution in [1.82, 2.24) is 19.9 Å². The van der Waals surface area contributed by atoms with E-state index in [0.717, 1.165) is 39.1 Å². The Labute approximate surface area is 166 Å². The number of hydrogen-bond donors (Lipinski definition) is 0. The van der Waals surface area contributed by atoms with Crippen LogP contribution in [0.15, 0.2) is 30.6 Å². The lowest BCUT2D eigenvalue weighted by Crippen LogP contribution is -2.33. The molecule has 0 aliphatic heterocycles. The van der Waals surface area contributed by atoms with E-state index in [1.165, 1.54) is 0 Å². The van der Waals surface area contributed by atoms with Crippen LogP contribution < -0.4 is 0 Å². The summed E-state index contributed by atoms with van der Waals surface area (Å²) in [5, 5.41) is 0.879. The van der Waals surface area contributed by atoms with Gasteiger partial charge in [-0.3, -0.25) is 4.79 Å². The first-order chi connectivity index (χ1) is 13.2. The molecule has 5 nitrogen and oxygen atoms in total. The number of hydrogen-bond acceptors (Lipinski definition) is 4. The van der Waals surface area contributed by atoms with E-state index < -0.39 is 0 Å². The third-order valence-electron chi connectivity index (χ3n) is 5.31. The first-order valence-electron chi connectivity index (χ1n) is 9.71. The van der Waals surface area contributed by atoms with Gasteiger partial charge in [-0.2, -0.15) is 0 Å². The number of aromatic nitrogens is 3. The highest BCUT2D eigenvalue weighted by molar-refractivity contribution is 6.08. The summed E-state index contributed by atoms with van der Waals surface area (Å²) in [4.78, 5) is 28.8. The highest BCUT2D eigenvalue weighted by atomic mass is 16.2. The van der Waals surface area contributed by atoms with Gasteiger partial charge < -0.3 is 4.90 Å². The molecule has 0 atom stereocenters. The number of aryl methyl sites for hydroxylation is 2. The summed E-state index contributed by atoms with van der Waals surface area (Å²) >= 11 is 0. The van der Waals surface area contributed by atoms with Crippen LogP contribution in [0.5, 0.6) is 0 Å². The molecule has 3 aromatic rings. The fourth-order valence-corrected chi connectivity index (χ4v) is 3.05. The predicted molar refractivity (Wildman–Crippen MR) is 114 cm³/mol. The molecular formula is C23H28N4O. The molecule has 1 aromatic carbocycles. The van der Waals surface area contributed by atoms with Gasteiger partial charge in [0.05, 0.1) is 16.8 Å². The lowest BCUT2D eigenvalue weighted by atomic mass is 9.99. The summed E-state index contributed by atoms with van der Waals surface area (Å²) in [6.07, 6.45) is 3.59. The fraction of sp³-hybridized carbons (Fsp3) is 0.391. The van der Waals surface area contributed by atoms with Crippen LogP contribution in [-0.4, -0.2) is 38.8 Å². The van der Waals surface area contributed by atoms with Gasteiger partial charge in [0.1, 0.15) is 5.82 Å². The molecule has 2 aromatic heterocycles. The lowest BCUT2D eigenvalue weighted by molar-refractivity contribution is 0.0757. The van der Waals surface area contributed by atoms with Crippen molar-refractivity contribution in [3.8, 4) is 11.3 Å². The van der Waals surface area contributed by atoms with Crippen LogP contribution in [0.3, 0.4) is 0 Å². The number of carbonyl (C=O) groups excluding carboxylic acids is 1. The highest BCUT2D eigenvalue weighted by Gasteiger charge is 2.20. The first kappa shape index (κ1) is 19.9. The Bertz CT molecular complexity index is 1020. The molecule has 0 bridgehead atoms. The number of benzene rings is 1. The number of fused-ring (bicyclic) bond motifs is 1. The third-order valence-corrected chi connectivity index (χ3v) is 5.31. The molecule has 3 rings (SSSR count). The van der Waals surface area contributed by atoms with E-state index in [9.17, 15) is 4.79 Å². The van der Waals surface area contributed by atoms with Crippen molar-refractivity contribution in [1.29, 1.82) is 0 Å². The summed E-state index contributed by atoms with van der Waals surface area (Å²) < 4.78 is 0. The van der Waals surface area contributed by atoms with Crippen LogP contribution in [0.25, 0.3) is 22.2 Å². The van der Waals surface area contributed by atoms with Crippen molar-refractivity contribution in [3.63, 3.8) is 0 Å². The summed E-state index contributed by atoms with van der Waals surface area (Å²) in [7, 11) is 1.83. The van der Waals surface area contributed by atoms with Gasteiger partial charge in [0, 0.05) is 42.4 Å². The van der Waals surface area contributed by atoms with Crippen LogP contribution in [-0.2, 0) is 0 Å².